The van der Waals surface area contributed by atoms with E-state index < -0.39 is 0 Å². The van der Waals surface area contributed by atoms with Gasteiger partial charge >= 0.3 is 0 Å². The number of pyridine rings is 1. The van der Waals surface area contributed by atoms with Crippen molar-refractivity contribution in [3.8, 4) is 5.88 Å². The number of aromatic nitrogens is 1. The van der Waals surface area contributed by atoms with Crippen molar-refractivity contribution >= 4 is 5.69 Å². The fraction of sp³-hybridized carbons (Fsp3) is 0.615. The lowest BCUT2D eigenvalue weighted by atomic mass is 9.92. The fourth-order valence-electron chi connectivity index (χ4n) is 2.19. The summed E-state index contributed by atoms with van der Waals surface area (Å²) in [7, 11) is 0. The van der Waals surface area contributed by atoms with E-state index in [4.69, 9.17) is 4.74 Å². The minimum absolute atomic E-state index is 0.156. The molecule has 17 heavy (non-hydrogen) atoms. The van der Waals surface area contributed by atoms with Gasteiger partial charge in [-0.15, -0.1) is 0 Å². The van der Waals surface area contributed by atoms with Gasteiger partial charge in [-0.05, 0) is 25.8 Å². The topological polar surface area (TPSA) is 54.4 Å². The summed E-state index contributed by atoms with van der Waals surface area (Å²) in [6.07, 6.45) is 5.73. The van der Waals surface area contributed by atoms with Crippen LogP contribution in [0.3, 0.4) is 0 Å². The Kier molecular flexibility index (Phi) is 4.20. The molecule has 1 aliphatic carbocycles. The molecule has 1 heterocycles. The molecule has 1 fully saturated rings. The highest BCUT2D eigenvalue weighted by atomic mass is 16.5. The molecule has 0 bridgehead atoms. The van der Waals surface area contributed by atoms with Gasteiger partial charge in [0.2, 0.25) is 5.88 Å². The van der Waals surface area contributed by atoms with Crippen molar-refractivity contribution in [3.63, 3.8) is 0 Å². The van der Waals surface area contributed by atoms with Crippen molar-refractivity contribution < 1.29 is 9.84 Å². The Bertz CT molecular complexity index is 340. The van der Waals surface area contributed by atoms with Crippen molar-refractivity contribution in [3.05, 3.63) is 18.3 Å². The average molecular weight is 236 g/mol. The van der Waals surface area contributed by atoms with E-state index in [0.29, 0.717) is 12.5 Å². The second-order valence-electron chi connectivity index (χ2n) is 4.42. The van der Waals surface area contributed by atoms with Gasteiger partial charge in [-0.25, -0.2) is 4.98 Å². The van der Waals surface area contributed by atoms with Gasteiger partial charge in [0.1, 0.15) is 0 Å². The summed E-state index contributed by atoms with van der Waals surface area (Å²) in [5, 5.41) is 13.2. The molecule has 94 valence electrons. The van der Waals surface area contributed by atoms with Crippen LogP contribution in [0.5, 0.6) is 5.88 Å². The molecule has 2 atom stereocenters. The van der Waals surface area contributed by atoms with Crippen LogP contribution >= 0.6 is 0 Å². The zero-order chi connectivity index (χ0) is 12.1. The molecule has 1 saturated carbocycles. The number of aliphatic hydroxyl groups excluding tert-OH is 1. The highest BCUT2D eigenvalue weighted by Gasteiger charge is 2.22. The van der Waals surface area contributed by atoms with Crippen LogP contribution < -0.4 is 10.1 Å². The third-order valence-corrected chi connectivity index (χ3v) is 3.11. The molecule has 2 unspecified atom stereocenters. The van der Waals surface area contributed by atoms with E-state index in [-0.39, 0.29) is 12.1 Å². The molecule has 0 saturated heterocycles. The molecule has 1 aliphatic rings. The number of hydrogen-bond donors (Lipinski definition) is 2. The number of rotatable bonds is 4. The van der Waals surface area contributed by atoms with Gasteiger partial charge in [0.05, 0.1) is 30.6 Å². The molecule has 2 rings (SSSR count). The zero-order valence-electron chi connectivity index (χ0n) is 10.2. The first kappa shape index (κ1) is 12.2. The van der Waals surface area contributed by atoms with Crippen molar-refractivity contribution in [1.82, 2.24) is 4.98 Å². The summed E-state index contributed by atoms with van der Waals surface area (Å²) < 4.78 is 5.28. The average Bonchev–Trinajstić information content (AvgIpc) is 2.35. The van der Waals surface area contributed by atoms with E-state index in [1.807, 2.05) is 19.1 Å². The van der Waals surface area contributed by atoms with E-state index in [2.05, 4.69) is 10.3 Å². The molecule has 4 nitrogen and oxygen atoms in total. The first-order chi connectivity index (χ1) is 8.29. The standard InChI is InChI=1S/C13H20N2O2/c1-2-17-13-8-7-10(9-14-13)15-11-5-3-4-6-12(11)16/h7-9,11-12,15-16H,2-6H2,1H3. The molecule has 0 spiro atoms. The number of nitrogens with one attached hydrogen (secondary N) is 1. The molecule has 0 aromatic carbocycles. The molecular weight excluding hydrogens is 216 g/mol. The first-order valence-electron chi connectivity index (χ1n) is 6.33. The third-order valence-electron chi connectivity index (χ3n) is 3.11. The van der Waals surface area contributed by atoms with Gasteiger partial charge in [0, 0.05) is 6.07 Å². The Labute approximate surface area is 102 Å². The molecule has 1 aromatic rings. The lowest BCUT2D eigenvalue weighted by Crippen LogP contribution is -2.36. The summed E-state index contributed by atoms with van der Waals surface area (Å²) in [6.45, 7) is 2.56. The van der Waals surface area contributed by atoms with Gasteiger partial charge in [-0.1, -0.05) is 12.8 Å². The van der Waals surface area contributed by atoms with Gasteiger partial charge in [0.25, 0.3) is 0 Å². The minimum atomic E-state index is -0.240. The van der Waals surface area contributed by atoms with E-state index in [0.717, 1.165) is 24.9 Å². The largest absolute Gasteiger partial charge is 0.478 e. The van der Waals surface area contributed by atoms with Gasteiger partial charge in [0.15, 0.2) is 0 Å². The van der Waals surface area contributed by atoms with E-state index >= 15 is 0 Å². The molecule has 0 radical (unpaired) electrons. The van der Waals surface area contributed by atoms with E-state index in [1.165, 1.54) is 6.42 Å². The zero-order valence-corrected chi connectivity index (χ0v) is 10.2. The number of nitrogens with zero attached hydrogens (tertiary/aromatic N) is 1. The highest BCUT2D eigenvalue weighted by Crippen LogP contribution is 2.22. The quantitative estimate of drug-likeness (QED) is 0.841. The molecule has 1 aromatic heterocycles. The van der Waals surface area contributed by atoms with E-state index in [1.54, 1.807) is 6.20 Å². The lowest BCUT2D eigenvalue weighted by molar-refractivity contribution is 0.116. The summed E-state index contributed by atoms with van der Waals surface area (Å²) in [5.74, 6) is 0.641. The molecule has 0 amide bonds. The van der Waals surface area contributed by atoms with Crippen LogP contribution in [0.2, 0.25) is 0 Å². The number of aliphatic hydroxyl groups is 1. The highest BCUT2D eigenvalue weighted by molar-refractivity contribution is 5.43. The van der Waals surface area contributed by atoms with Crippen LogP contribution in [0, 0.1) is 0 Å². The maximum atomic E-state index is 9.86. The Balaban J connectivity index is 1.93. The van der Waals surface area contributed by atoms with Crippen LogP contribution in [-0.2, 0) is 0 Å². The predicted molar refractivity (Wildman–Crippen MR) is 67.3 cm³/mol. The van der Waals surface area contributed by atoms with E-state index in [9.17, 15) is 5.11 Å². The molecule has 4 heteroatoms. The Morgan fingerprint density at radius 3 is 2.88 bits per heavy atom. The third kappa shape index (κ3) is 3.33. The number of anilines is 1. The van der Waals surface area contributed by atoms with Crippen LogP contribution in [0.1, 0.15) is 32.6 Å². The Hall–Kier alpha value is -1.29. The number of hydrogen-bond acceptors (Lipinski definition) is 4. The first-order valence-corrected chi connectivity index (χ1v) is 6.33. The van der Waals surface area contributed by atoms with Crippen LogP contribution in [0.4, 0.5) is 5.69 Å². The van der Waals surface area contributed by atoms with Crippen molar-refractivity contribution in [2.45, 2.75) is 44.8 Å². The predicted octanol–water partition coefficient (Wildman–Crippen LogP) is 2.20. The summed E-state index contributed by atoms with van der Waals surface area (Å²) in [4.78, 5) is 4.19. The minimum Gasteiger partial charge on any atom is -0.478 e. The second-order valence-corrected chi connectivity index (χ2v) is 4.42. The summed E-state index contributed by atoms with van der Waals surface area (Å²) >= 11 is 0. The maximum absolute atomic E-state index is 9.86. The van der Waals surface area contributed by atoms with Crippen LogP contribution in [0.25, 0.3) is 0 Å². The normalized spacial score (nSPS) is 24.4. The Morgan fingerprint density at radius 1 is 1.41 bits per heavy atom. The monoisotopic (exact) mass is 236 g/mol. The van der Waals surface area contributed by atoms with Crippen LogP contribution in [0.15, 0.2) is 18.3 Å². The fourth-order valence-corrected chi connectivity index (χ4v) is 2.19. The van der Waals surface area contributed by atoms with Crippen molar-refractivity contribution in [2.24, 2.45) is 0 Å². The van der Waals surface area contributed by atoms with Crippen molar-refractivity contribution in [2.75, 3.05) is 11.9 Å². The smallest absolute Gasteiger partial charge is 0.213 e. The van der Waals surface area contributed by atoms with Crippen LogP contribution in [-0.4, -0.2) is 28.8 Å². The Morgan fingerprint density at radius 2 is 2.24 bits per heavy atom. The SMILES string of the molecule is CCOc1ccc(NC2CCCCC2O)cn1. The lowest BCUT2D eigenvalue weighted by Gasteiger charge is -2.29. The molecule has 0 aliphatic heterocycles. The molecular formula is C13H20N2O2. The van der Waals surface area contributed by atoms with Gasteiger partial charge in [-0.3, -0.25) is 0 Å². The molecule has 2 N–H and O–H groups in total. The van der Waals surface area contributed by atoms with Gasteiger partial charge in [-0.2, -0.15) is 0 Å². The van der Waals surface area contributed by atoms with Gasteiger partial charge < -0.3 is 15.2 Å². The summed E-state index contributed by atoms with van der Waals surface area (Å²) in [6, 6.07) is 3.95. The summed E-state index contributed by atoms with van der Waals surface area (Å²) in [5.41, 5.74) is 0.944. The second kappa shape index (κ2) is 5.87. The number of ether oxygens (including phenoxy) is 1. The maximum Gasteiger partial charge on any atom is 0.213 e. The van der Waals surface area contributed by atoms with Crippen molar-refractivity contribution in [1.29, 1.82) is 0 Å².